The SMILES string of the molecule is CCOCCCNc1nc2c(S(=O)(=O)c3ccccc3)nnn2c2ccc(Cl)cc12. The number of anilines is 1. The minimum atomic E-state index is -3.88. The van der Waals surface area contributed by atoms with Crippen LogP contribution in [0.15, 0.2) is 58.5 Å². The topological polar surface area (TPSA) is 98.5 Å². The average Bonchev–Trinajstić information content (AvgIpc) is 3.19. The molecule has 0 spiro atoms. The molecule has 30 heavy (non-hydrogen) atoms. The summed E-state index contributed by atoms with van der Waals surface area (Å²) in [7, 11) is -3.88. The molecule has 156 valence electrons. The minimum Gasteiger partial charge on any atom is -0.382 e. The molecule has 0 unspecified atom stereocenters. The number of sulfone groups is 1. The molecule has 0 fully saturated rings. The van der Waals surface area contributed by atoms with Gasteiger partial charge in [-0.05, 0) is 43.7 Å². The maximum absolute atomic E-state index is 13.1. The number of fused-ring (bicyclic) bond motifs is 3. The second kappa shape index (κ2) is 8.55. The summed E-state index contributed by atoms with van der Waals surface area (Å²) >= 11 is 6.19. The standard InChI is InChI=1S/C20H20ClN5O3S/c1-2-29-12-6-11-22-18-16-13-14(21)9-10-17(16)26-19(23-18)20(24-25-26)30(27,28)15-7-4-3-5-8-15/h3-5,7-10,13H,2,6,11-12H2,1H3,(H,22,23). The summed E-state index contributed by atoms with van der Waals surface area (Å²) in [6, 6.07) is 13.4. The fourth-order valence-electron chi connectivity index (χ4n) is 3.11. The molecular formula is C20H20ClN5O3S. The lowest BCUT2D eigenvalue weighted by Gasteiger charge is -2.11. The number of nitrogens with zero attached hydrogens (tertiary/aromatic N) is 4. The van der Waals surface area contributed by atoms with Gasteiger partial charge in [0.1, 0.15) is 5.82 Å². The van der Waals surface area contributed by atoms with Crippen molar-refractivity contribution < 1.29 is 13.2 Å². The van der Waals surface area contributed by atoms with Gasteiger partial charge in [-0.15, -0.1) is 5.10 Å². The van der Waals surface area contributed by atoms with E-state index in [0.29, 0.717) is 36.1 Å². The maximum atomic E-state index is 13.1. The van der Waals surface area contributed by atoms with Crippen LogP contribution in [0.25, 0.3) is 16.6 Å². The van der Waals surface area contributed by atoms with E-state index in [9.17, 15) is 8.42 Å². The van der Waals surface area contributed by atoms with E-state index >= 15 is 0 Å². The highest BCUT2D eigenvalue weighted by molar-refractivity contribution is 7.91. The van der Waals surface area contributed by atoms with Gasteiger partial charge >= 0.3 is 0 Å². The Bertz CT molecular complexity index is 1290. The Morgan fingerprint density at radius 3 is 2.73 bits per heavy atom. The van der Waals surface area contributed by atoms with Crippen molar-refractivity contribution >= 4 is 43.8 Å². The van der Waals surface area contributed by atoms with Gasteiger partial charge in [-0.25, -0.2) is 13.4 Å². The number of benzene rings is 2. The number of hydrogen-bond acceptors (Lipinski definition) is 7. The zero-order valence-electron chi connectivity index (χ0n) is 16.2. The van der Waals surface area contributed by atoms with Crippen molar-refractivity contribution in [1.82, 2.24) is 19.8 Å². The average molecular weight is 446 g/mol. The van der Waals surface area contributed by atoms with Crippen LogP contribution in [0.3, 0.4) is 0 Å². The molecule has 0 saturated heterocycles. The third-order valence-corrected chi connectivity index (χ3v) is 6.45. The van der Waals surface area contributed by atoms with Gasteiger partial charge in [-0.3, -0.25) is 0 Å². The first-order chi connectivity index (χ1) is 14.5. The largest absolute Gasteiger partial charge is 0.382 e. The fourth-order valence-corrected chi connectivity index (χ4v) is 4.54. The number of halogens is 1. The van der Waals surface area contributed by atoms with E-state index in [1.54, 1.807) is 36.4 Å². The van der Waals surface area contributed by atoms with E-state index in [4.69, 9.17) is 16.3 Å². The lowest BCUT2D eigenvalue weighted by Crippen LogP contribution is -2.09. The third-order valence-electron chi connectivity index (χ3n) is 4.55. The highest BCUT2D eigenvalue weighted by atomic mass is 35.5. The van der Waals surface area contributed by atoms with Crippen LogP contribution in [0.4, 0.5) is 5.82 Å². The van der Waals surface area contributed by atoms with Crippen LogP contribution >= 0.6 is 11.6 Å². The molecule has 0 bridgehead atoms. The monoisotopic (exact) mass is 445 g/mol. The summed E-state index contributed by atoms with van der Waals surface area (Å²) < 4.78 is 33.0. The van der Waals surface area contributed by atoms with Gasteiger partial charge in [0, 0.05) is 30.2 Å². The van der Waals surface area contributed by atoms with Crippen LogP contribution in [0.2, 0.25) is 5.02 Å². The molecule has 8 nitrogen and oxygen atoms in total. The van der Waals surface area contributed by atoms with Crippen LogP contribution in [0, 0.1) is 0 Å². The van der Waals surface area contributed by atoms with Gasteiger partial charge in [0.25, 0.3) is 0 Å². The summed E-state index contributed by atoms with van der Waals surface area (Å²) in [6.45, 7) is 3.82. The fraction of sp³-hybridized carbons (Fsp3) is 0.250. The number of nitrogens with one attached hydrogen (secondary N) is 1. The van der Waals surface area contributed by atoms with Crippen molar-refractivity contribution in [1.29, 1.82) is 0 Å². The highest BCUT2D eigenvalue weighted by Crippen LogP contribution is 2.29. The van der Waals surface area contributed by atoms with Gasteiger partial charge in [-0.2, -0.15) is 4.52 Å². The highest BCUT2D eigenvalue weighted by Gasteiger charge is 2.27. The zero-order valence-corrected chi connectivity index (χ0v) is 17.8. The molecule has 10 heteroatoms. The lowest BCUT2D eigenvalue weighted by atomic mass is 10.2. The Kier molecular flexibility index (Phi) is 5.85. The van der Waals surface area contributed by atoms with Gasteiger partial charge in [0.15, 0.2) is 5.65 Å². The molecule has 0 saturated carbocycles. The predicted octanol–water partition coefficient (Wildman–Crippen LogP) is 3.60. The van der Waals surface area contributed by atoms with Crippen LogP contribution in [-0.2, 0) is 14.6 Å². The molecule has 1 N–H and O–H groups in total. The number of hydrogen-bond donors (Lipinski definition) is 1. The third kappa shape index (κ3) is 3.83. The van der Waals surface area contributed by atoms with Crippen molar-refractivity contribution in [2.75, 3.05) is 25.1 Å². The first-order valence-corrected chi connectivity index (χ1v) is 11.3. The van der Waals surface area contributed by atoms with E-state index in [-0.39, 0.29) is 15.6 Å². The Labute approximate surface area is 178 Å². The van der Waals surface area contributed by atoms with Crippen LogP contribution < -0.4 is 5.32 Å². The molecule has 0 aliphatic carbocycles. The van der Waals surface area contributed by atoms with E-state index in [0.717, 1.165) is 11.8 Å². The molecule has 2 heterocycles. The summed E-state index contributed by atoms with van der Waals surface area (Å²) in [5, 5.41) is 12.4. The van der Waals surface area contributed by atoms with Crippen molar-refractivity contribution in [2.45, 2.75) is 23.3 Å². The molecule has 4 rings (SSSR count). The number of ether oxygens (including phenoxy) is 1. The molecule has 0 aliphatic heterocycles. The lowest BCUT2D eigenvalue weighted by molar-refractivity contribution is 0.147. The second-order valence-corrected chi connectivity index (χ2v) is 8.85. The maximum Gasteiger partial charge on any atom is 0.229 e. The van der Waals surface area contributed by atoms with E-state index < -0.39 is 9.84 Å². The first-order valence-electron chi connectivity index (χ1n) is 9.49. The van der Waals surface area contributed by atoms with E-state index in [1.165, 1.54) is 16.6 Å². The van der Waals surface area contributed by atoms with Gasteiger partial charge in [0.2, 0.25) is 14.9 Å². The Morgan fingerprint density at radius 1 is 1.17 bits per heavy atom. The molecule has 0 atom stereocenters. The molecule has 0 aliphatic rings. The van der Waals surface area contributed by atoms with Crippen LogP contribution in [0.1, 0.15) is 13.3 Å². The minimum absolute atomic E-state index is 0.136. The number of rotatable bonds is 8. The van der Waals surface area contributed by atoms with Crippen LogP contribution in [0.5, 0.6) is 0 Å². The molecule has 4 aromatic rings. The van der Waals surface area contributed by atoms with Gasteiger partial charge < -0.3 is 10.1 Å². The summed E-state index contributed by atoms with van der Waals surface area (Å²) in [5.74, 6) is 0.517. The van der Waals surface area contributed by atoms with Gasteiger partial charge in [0.05, 0.1) is 10.4 Å². The quantitative estimate of drug-likeness (QED) is 0.413. The first kappa shape index (κ1) is 20.5. The normalized spacial score (nSPS) is 11.9. The smallest absolute Gasteiger partial charge is 0.229 e. The molecule has 0 amide bonds. The van der Waals surface area contributed by atoms with Crippen molar-refractivity contribution in [3.05, 3.63) is 53.6 Å². The van der Waals surface area contributed by atoms with Crippen molar-refractivity contribution in [3.8, 4) is 0 Å². The second-order valence-electron chi connectivity index (χ2n) is 6.55. The summed E-state index contributed by atoms with van der Waals surface area (Å²) in [4.78, 5) is 4.70. The summed E-state index contributed by atoms with van der Waals surface area (Å²) in [6.07, 6.45) is 0.773. The molecule has 2 aromatic heterocycles. The van der Waals surface area contributed by atoms with Gasteiger partial charge in [-0.1, -0.05) is 35.0 Å². The van der Waals surface area contributed by atoms with Crippen molar-refractivity contribution in [2.24, 2.45) is 0 Å². The Hall–Kier alpha value is -2.75. The number of aromatic nitrogens is 4. The molecule has 2 aromatic carbocycles. The summed E-state index contributed by atoms with van der Waals surface area (Å²) in [5.41, 5.74) is 0.805. The van der Waals surface area contributed by atoms with Crippen LogP contribution in [-0.4, -0.2) is 48.0 Å². The molecular weight excluding hydrogens is 426 g/mol. The van der Waals surface area contributed by atoms with Crippen molar-refractivity contribution in [3.63, 3.8) is 0 Å². The molecule has 0 radical (unpaired) electrons. The zero-order chi connectivity index (χ0) is 21.1. The Morgan fingerprint density at radius 2 is 1.97 bits per heavy atom. The van der Waals surface area contributed by atoms with E-state index in [1.807, 2.05) is 6.92 Å². The predicted molar refractivity (Wildman–Crippen MR) is 115 cm³/mol. The van der Waals surface area contributed by atoms with E-state index in [2.05, 4.69) is 20.6 Å². The Balaban J connectivity index is 1.84.